The molecular weight excluding hydrogens is 477 g/mol. The fraction of sp³-hybridized carbons (Fsp3) is 0.160. The number of H-pyrrole nitrogens is 1. The number of likely N-dealkylation sites (tertiary alicyclic amines) is 1. The van der Waals surface area contributed by atoms with Crippen LogP contribution in [0.15, 0.2) is 60.9 Å². The number of carbonyl (C=O) groups is 3. The van der Waals surface area contributed by atoms with Crippen molar-refractivity contribution in [1.82, 2.24) is 19.9 Å². The summed E-state index contributed by atoms with van der Waals surface area (Å²) in [6, 6.07) is 15.5. The number of aromatic amines is 1. The molecule has 2 N–H and O–H groups in total. The number of halogens is 3. The van der Waals surface area contributed by atoms with E-state index >= 15 is 0 Å². The van der Waals surface area contributed by atoms with Crippen LogP contribution in [0.3, 0.4) is 0 Å². The number of imidazole rings is 1. The van der Waals surface area contributed by atoms with Gasteiger partial charge in [0.05, 0.1) is 23.3 Å². The van der Waals surface area contributed by atoms with Gasteiger partial charge in [-0.2, -0.15) is 13.2 Å². The molecule has 2 aliphatic rings. The SMILES string of the molecule is O=C(O)C(F)(F)F.O=C1CCC(=O)N1C1c2ccccc2-c2c(-c3nc4ccncc4[nH]3)cccc21. The highest BCUT2D eigenvalue weighted by Gasteiger charge is 2.42. The zero-order chi connectivity index (χ0) is 25.6. The largest absolute Gasteiger partial charge is 0.490 e. The molecule has 11 heteroatoms. The van der Waals surface area contributed by atoms with E-state index in [-0.39, 0.29) is 30.7 Å². The number of rotatable bonds is 2. The first-order valence-corrected chi connectivity index (χ1v) is 10.8. The maximum atomic E-state index is 12.5. The van der Waals surface area contributed by atoms with Gasteiger partial charge in [0.1, 0.15) is 5.82 Å². The van der Waals surface area contributed by atoms with E-state index in [0.29, 0.717) is 0 Å². The zero-order valence-electron chi connectivity index (χ0n) is 18.4. The summed E-state index contributed by atoms with van der Waals surface area (Å²) in [5, 5.41) is 7.12. The van der Waals surface area contributed by atoms with Crippen LogP contribution in [0.2, 0.25) is 0 Å². The average Bonchev–Trinajstić information content (AvgIpc) is 3.52. The van der Waals surface area contributed by atoms with Gasteiger partial charge in [-0.05, 0) is 28.3 Å². The van der Waals surface area contributed by atoms with Crippen molar-refractivity contribution in [3.05, 3.63) is 72.1 Å². The van der Waals surface area contributed by atoms with E-state index in [1.807, 2.05) is 48.5 Å². The highest BCUT2D eigenvalue weighted by molar-refractivity contribution is 6.04. The van der Waals surface area contributed by atoms with Crippen LogP contribution in [0.4, 0.5) is 13.2 Å². The third-order valence-electron chi connectivity index (χ3n) is 6.05. The molecule has 1 fully saturated rings. The molecule has 1 atom stereocenters. The predicted octanol–water partition coefficient (Wildman–Crippen LogP) is 4.48. The summed E-state index contributed by atoms with van der Waals surface area (Å²) < 4.78 is 31.7. The molecule has 0 saturated carbocycles. The number of carboxylic acid groups (broad SMARTS) is 1. The van der Waals surface area contributed by atoms with Gasteiger partial charge in [0.2, 0.25) is 11.8 Å². The molecule has 1 unspecified atom stereocenters. The van der Waals surface area contributed by atoms with E-state index in [9.17, 15) is 22.8 Å². The van der Waals surface area contributed by atoms with Gasteiger partial charge in [0, 0.05) is 24.6 Å². The van der Waals surface area contributed by atoms with Crippen LogP contribution in [-0.4, -0.2) is 48.9 Å². The Hall–Kier alpha value is -4.54. The topological polar surface area (TPSA) is 116 Å². The Labute approximate surface area is 201 Å². The van der Waals surface area contributed by atoms with Crippen molar-refractivity contribution in [2.75, 3.05) is 0 Å². The molecule has 2 amide bonds. The van der Waals surface area contributed by atoms with Crippen LogP contribution in [0.25, 0.3) is 33.5 Å². The molecule has 1 saturated heterocycles. The second-order valence-corrected chi connectivity index (χ2v) is 8.20. The van der Waals surface area contributed by atoms with Crippen molar-refractivity contribution in [3.8, 4) is 22.5 Å². The lowest BCUT2D eigenvalue weighted by Gasteiger charge is -2.24. The second kappa shape index (κ2) is 8.59. The first kappa shape index (κ1) is 23.2. The maximum Gasteiger partial charge on any atom is 0.490 e. The minimum absolute atomic E-state index is 0.108. The average molecular weight is 494 g/mol. The number of pyridine rings is 1. The number of amides is 2. The van der Waals surface area contributed by atoms with Crippen molar-refractivity contribution in [2.45, 2.75) is 25.1 Å². The Morgan fingerprint density at radius 1 is 0.972 bits per heavy atom. The van der Waals surface area contributed by atoms with Crippen molar-refractivity contribution in [1.29, 1.82) is 0 Å². The third kappa shape index (κ3) is 3.88. The molecule has 8 nitrogen and oxygen atoms in total. The highest BCUT2D eigenvalue weighted by atomic mass is 19.4. The number of nitrogens with zero attached hydrogens (tertiary/aromatic N) is 3. The molecule has 6 rings (SSSR count). The number of benzene rings is 2. The lowest BCUT2D eigenvalue weighted by Crippen LogP contribution is -2.33. The van der Waals surface area contributed by atoms with E-state index in [4.69, 9.17) is 14.9 Å². The van der Waals surface area contributed by atoms with Crippen LogP contribution in [-0.2, 0) is 14.4 Å². The van der Waals surface area contributed by atoms with E-state index < -0.39 is 12.1 Å². The van der Waals surface area contributed by atoms with E-state index in [0.717, 1.165) is 44.7 Å². The Morgan fingerprint density at radius 2 is 1.61 bits per heavy atom. The molecule has 36 heavy (non-hydrogen) atoms. The number of aliphatic carboxylic acids is 1. The van der Waals surface area contributed by atoms with Gasteiger partial charge in [0.15, 0.2) is 0 Å². The molecule has 0 radical (unpaired) electrons. The number of carbonyl (C=O) groups excluding carboxylic acids is 2. The standard InChI is InChI=1S/C23H16N4O2.C2HF3O2/c28-19-8-9-20(29)27(19)22-14-5-2-1-4-13(14)21-15(22)6-3-7-16(21)23-25-17-10-11-24-12-18(17)26-23;3-2(4,5)1(6)7/h1-7,10-12,22H,8-9H2,(H,25,26);(H,6,7). The summed E-state index contributed by atoms with van der Waals surface area (Å²) in [5.74, 6) is -2.22. The zero-order valence-corrected chi connectivity index (χ0v) is 18.4. The van der Waals surface area contributed by atoms with Gasteiger partial charge in [-0.1, -0.05) is 42.5 Å². The van der Waals surface area contributed by atoms with E-state index in [2.05, 4.69) is 9.97 Å². The molecule has 2 aromatic heterocycles. The van der Waals surface area contributed by atoms with Crippen molar-refractivity contribution >= 4 is 28.8 Å². The van der Waals surface area contributed by atoms with Crippen molar-refractivity contribution in [3.63, 3.8) is 0 Å². The van der Waals surface area contributed by atoms with Gasteiger partial charge >= 0.3 is 12.1 Å². The summed E-state index contributed by atoms with van der Waals surface area (Å²) in [5.41, 5.74) is 6.67. The molecular formula is C25H17F3N4O4. The molecule has 4 aromatic rings. The lowest BCUT2D eigenvalue weighted by molar-refractivity contribution is -0.192. The number of aromatic nitrogens is 3. The first-order chi connectivity index (χ1) is 17.2. The van der Waals surface area contributed by atoms with E-state index in [1.54, 1.807) is 12.4 Å². The Balaban J connectivity index is 0.000000338. The molecule has 0 spiro atoms. The smallest absolute Gasteiger partial charge is 0.475 e. The summed E-state index contributed by atoms with van der Waals surface area (Å²) in [4.78, 5) is 47.7. The second-order valence-electron chi connectivity index (χ2n) is 8.20. The lowest BCUT2D eigenvalue weighted by atomic mass is 9.98. The van der Waals surface area contributed by atoms with Crippen LogP contribution >= 0.6 is 0 Å². The number of hydrogen-bond acceptors (Lipinski definition) is 5. The number of carboxylic acids is 1. The molecule has 1 aliphatic carbocycles. The Kier molecular flexibility index (Phi) is 5.54. The maximum absolute atomic E-state index is 12.5. The fourth-order valence-electron chi connectivity index (χ4n) is 4.57. The molecule has 0 bridgehead atoms. The Morgan fingerprint density at radius 3 is 2.28 bits per heavy atom. The number of imide groups is 1. The predicted molar refractivity (Wildman–Crippen MR) is 121 cm³/mol. The third-order valence-corrected chi connectivity index (χ3v) is 6.05. The summed E-state index contributed by atoms with van der Waals surface area (Å²) in [7, 11) is 0. The van der Waals surface area contributed by atoms with Crippen molar-refractivity contribution in [2.24, 2.45) is 0 Å². The van der Waals surface area contributed by atoms with Gasteiger partial charge in [0.25, 0.3) is 0 Å². The Bertz CT molecular complexity index is 1480. The molecule has 3 heterocycles. The summed E-state index contributed by atoms with van der Waals surface area (Å²) in [6.45, 7) is 0. The summed E-state index contributed by atoms with van der Waals surface area (Å²) in [6.07, 6.45) is -1.04. The number of nitrogens with one attached hydrogen (secondary N) is 1. The highest BCUT2D eigenvalue weighted by Crippen LogP contribution is 2.50. The molecule has 1 aliphatic heterocycles. The normalized spacial score (nSPS) is 16.5. The van der Waals surface area contributed by atoms with Crippen LogP contribution < -0.4 is 0 Å². The minimum Gasteiger partial charge on any atom is -0.475 e. The van der Waals surface area contributed by atoms with E-state index in [1.165, 1.54) is 4.90 Å². The molecule has 182 valence electrons. The quantitative estimate of drug-likeness (QED) is 0.397. The van der Waals surface area contributed by atoms with Gasteiger partial charge in [-0.3, -0.25) is 19.5 Å². The summed E-state index contributed by atoms with van der Waals surface area (Å²) >= 11 is 0. The number of alkyl halides is 3. The van der Waals surface area contributed by atoms with Crippen LogP contribution in [0.5, 0.6) is 0 Å². The molecule has 2 aromatic carbocycles. The van der Waals surface area contributed by atoms with Gasteiger partial charge < -0.3 is 10.1 Å². The number of hydrogen-bond donors (Lipinski definition) is 2. The van der Waals surface area contributed by atoms with Gasteiger partial charge in [-0.15, -0.1) is 0 Å². The van der Waals surface area contributed by atoms with Crippen LogP contribution in [0, 0.1) is 0 Å². The minimum atomic E-state index is -5.08. The van der Waals surface area contributed by atoms with Crippen LogP contribution in [0.1, 0.15) is 30.0 Å². The fourth-order valence-corrected chi connectivity index (χ4v) is 4.57. The first-order valence-electron chi connectivity index (χ1n) is 10.8. The van der Waals surface area contributed by atoms with Crippen molar-refractivity contribution < 1.29 is 32.7 Å². The monoisotopic (exact) mass is 494 g/mol. The van der Waals surface area contributed by atoms with Gasteiger partial charge in [-0.25, -0.2) is 9.78 Å². The number of fused-ring (bicyclic) bond motifs is 4.